The molecule has 92 valence electrons. The molecule has 1 aromatic rings. The number of aryl methyl sites for hydroxylation is 1. The first-order valence-electron chi connectivity index (χ1n) is 4.55. The number of halogens is 4. The van der Waals surface area contributed by atoms with Crippen molar-refractivity contribution in [3.63, 3.8) is 0 Å². The van der Waals surface area contributed by atoms with Gasteiger partial charge < -0.3 is 0 Å². The third-order valence-corrected chi connectivity index (χ3v) is 2.80. The summed E-state index contributed by atoms with van der Waals surface area (Å²) in [5.41, 5.74) is 2.97. The molecule has 3 N–H and O–H groups in total. The molecule has 1 unspecified atom stereocenters. The quantitative estimate of drug-likeness (QED) is 0.661. The highest BCUT2D eigenvalue weighted by atomic mass is 79.9. The molecule has 0 aliphatic carbocycles. The molecule has 0 aliphatic heterocycles. The minimum Gasteiger partial charge on any atom is -0.271 e. The Labute approximate surface area is 99.1 Å². The minimum absolute atomic E-state index is 0.127. The summed E-state index contributed by atoms with van der Waals surface area (Å²) in [6.07, 6.45) is -3.68. The van der Waals surface area contributed by atoms with E-state index in [9.17, 15) is 13.2 Å². The van der Waals surface area contributed by atoms with Crippen LogP contribution in [0.4, 0.5) is 13.2 Å². The second kappa shape index (κ2) is 5.15. The molecule has 16 heavy (non-hydrogen) atoms. The van der Waals surface area contributed by atoms with Gasteiger partial charge >= 0.3 is 6.18 Å². The second-order valence-corrected chi connectivity index (χ2v) is 4.23. The largest absolute Gasteiger partial charge is 0.389 e. The van der Waals surface area contributed by atoms with Crippen LogP contribution in [0, 0.1) is 0 Å². The van der Waals surface area contributed by atoms with E-state index in [-0.39, 0.29) is 6.42 Å². The van der Waals surface area contributed by atoms with Crippen molar-refractivity contribution in [3.8, 4) is 0 Å². The van der Waals surface area contributed by atoms with E-state index >= 15 is 0 Å². The van der Waals surface area contributed by atoms with Crippen LogP contribution in [0.2, 0.25) is 0 Å². The third-order valence-electron chi connectivity index (χ3n) is 2.19. The van der Waals surface area contributed by atoms with Gasteiger partial charge in [0.05, 0.1) is 22.4 Å². The van der Waals surface area contributed by atoms with Crippen molar-refractivity contribution in [3.05, 3.63) is 16.4 Å². The van der Waals surface area contributed by atoms with Crippen LogP contribution >= 0.6 is 15.9 Å². The summed E-state index contributed by atoms with van der Waals surface area (Å²) in [6.45, 7) is 0. The fourth-order valence-corrected chi connectivity index (χ4v) is 2.04. The van der Waals surface area contributed by atoms with Crippen molar-refractivity contribution >= 4 is 15.9 Å². The summed E-state index contributed by atoms with van der Waals surface area (Å²) < 4.78 is 38.4. The maximum atomic E-state index is 12.1. The Kier molecular flexibility index (Phi) is 4.34. The smallest absolute Gasteiger partial charge is 0.271 e. The topological polar surface area (TPSA) is 55.9 Å². The molecular formula is C8H12BrF3N4. The number of aromatic nitrogens is 2. The second-order valence-electron chi connectivity index (χ2n) is 3.37. The molecule has 0 saturated heterocycles. The summed E-state index contributed by atoms with van der Waals surface area (Å²) in [4.78, 5) is 0. The van der Waals surface area contributed by atoms with E-state index in [1.54, 1.807) is 7.05 Å². The van der Waals surface area contributed by atoms with Crippen molar-refractivity contribution in [1.82, 2.24) is 15.2 Å². The number of alkyl halides is 3. The van der Waals surface area contributed by atoms with E-state index in [1.807, 2.05) is 0 Å². The Morgan fingerprint density at radius 1 is 1.62 bits per heavy atom. The molecule has 0 aromatic carbocycles. The molecule has 0 spiro atoms. The fraction of sp³-hybridized carbons (Fsp3) is 0.625. The lowest BCUT2D eigenvalue weighted by molar-refractivity contribution is -0.136. The summed E-state index contributed by atoms with van der Waals surface area (Å²) in [5, 5.41) is 3.92. The van der Waals surface area contributed by atoms with Gasteiger partial charge in [0, 0.05) is 13.5 Å². The first-order chi connectivity index (χ1) is 7.35. The molecule has 1 atom stereocenters. The Morgan fingerprint density at radius 3 is 2.62 bits per heavy atom. The van der Waals surface area contributed by atoms with E-state index in [0.717, 1.165) is 0 Å². The molecule has 8 heteroatoms. The molecule has 0 fully saturated rings. The van der Waals surface area contributed by atoms with E-state index in [1.165, 1.54) is 10.9 Å². The van der Waals surface area contributed by atoms with Gasteiger partial charge in [-0.25, -0.2) is 0 Å². The number of nitrogens with zero attached hydrogens (tertiary/aromatic N) is 2. The number of rotatable bonds is 4. The average Bonchev–Trinajstić information content (AvgIpc) is 2.48. The highest BCUT2D eigenvalue weighted by Gasteiger charge is 2.29. The van der Waals surface area contributed by atoms with E-state index in [4.69, 9.17) is 5.84 Å². The van der Waals surface area contributed by atoms with Gasteiger partial charge in [0.25, 0.3) is 0 Å². The van der Waals surface area contributed by atoms with Crippen LogP contribution in [0.1, 0.15) is 24.6 Å². The van der Waals surface area contributed by atoms with Gasteiger partial charge in [0.1, 0.15) is 0 Å². The van der Waals surface area contributed by atoms with Crippen LogP contribution in [0.25, 0.3) is 0 Å². The average molecular weight is 301 g/mol. The summed E-state index contributed by atoms with van der Waals surface area (Å²) in [5.74, 6) is 5.25. The predicted molar refractivity (Wildman–Crippen MR) is 56.3 cm³/mol. The minimum atomic E-state index is -4.18. The van der Waals surface area contributed by atoms with Crippen molar-refractivity contribution < 1.29 is 13.2 Å². The van der Waals surface area contributed by atoms with Gasteiger partial charge in [-0.1, -0.05) is 0 Å². The standard InChI is InChI=1S/C8H12BrF3N4/c1-16-7(5(9)4-14-16)6(15-13)2-3-8(10,11)12/h4,6,15H,2-3,13H2,1H3. The highest BCUT2D eigenvalue weighted by molar-refractivity contribution is 9.10. The highest BCUT2D eigenvalue weighted by Crippen LogP contribution is 2.30. The monoisotopic (exact) mass is 300 g/mol. The normalized spacial score (nSPS) is 14.1. The van der Waals surface area contributed by atoms with Crippen LogP contribution < -0.4 is 11.3 Å². The van der Waals surface area contributed by atoms with Gasteiger partial charge in [-0.05, 0) is 22.4 Å². The Bertz CT molecular complexity index is 330. The molecule has 4 nitrogen and oxygen atoms in total. The van der Waals surface area contributed by atoms with Crippen molar-refractivity contribution in [2.45, 2.75) is 25.1 Å². The van der Waals surface area contributed by atoms with E-state index in [0.29, 0.717) is 10.2 Å². The maximum Gasteiger partial charge on any atom is 0.389 e. The van der Waals surface area contributed by atoms with Crippen molar-refractivity contribution in [1.29, 1.82) is 0 Å². The Morgan fingerprint density at radius 2 is 2.25 bits per heavy atom. The first-order valence-corrected chi connectivity index (χ1v) is 5.34. The lowest BCUT2D eigenvalue weighted by Crippen LogP contribution is -2.30. The van der Waals surface area contributed by atoms with Gasteiger partial charge in [0.15, 0.2) is 0 Å². The van der Waals surface area contributed by atoms with Crippen molar-refractivity contribution in [2.24, 2.45) is 12.9 Å². The van der Waals surface area contributed by atoms with Crippen molar-refractivity contribution in [2.75, 3.05) is 0 Å². The third kappa shape index (κ3) is 3.46. The number of nitrogens with two attached hydrogens (primary N) is 1. The van der Waals surface area contributed by atoms with Crippen LogP contribution in [0.3, 0.4) is 0 Å². The van der Waals surface area contributed by atoms with Gasteiger partial charge in [-0.2, -0.15) is 18.3 Å². The fourth-order valence-electron chi connectivity index (χ4n) is 1.42. The predicted octanol–water partition coefficient (Wildman–Crippen LogP) is 2.03. The summed E-state index contributed by atoms with van der Waals surface area (Å²) in [6, 6.07) is -0.580. The SMILES string of the molecule is Cn1ncc(Br)c1C(CCC(F)(F)F)NN. The van der Waals surface area contributed by atoms with Gasteiger partial charge in [0.2, 0.25) is 0 Å². The van der Waals surface area contributed by atoms with Gasteiger partial charge in [-0.15, -0.1) is 0 Å². The van der Waals surface area contributed by atoms with Crippen LogP contribution in [-0.2, 0) is 7.05 Å². The number of nitrogens with one attached hydrogen (secondary N) is 1. The number of hydrogen-bond acceptors (Lipinski definition) is 3. The molecule has 1 aromatic heterocycles. The molecule has 1 rings (SSSR count). The van der Waals surface area contributed by atoms with E-state index < -0.39 is 18.6 Å². The lowest BCUT2D eigenvalue weighted by Gasteiger charge is -2.17. The van der Waals surface area contributed by atoms with Gasteiger partial charge in [-0.3, -0.25) is 16.0 Å². The molecule has 0 saturated carbocycles. The summed E-state index contributed by atoms with van der Waals surface area (Å²) in [7, 11) is 1.65. The first kappa shape index (κ1) is 13.5. The van der Waals surface area contributed by atoms with Crippen LogP contribution in [0.5, 0.6) is 0 Å². The molecule has 1 heterocycles. The maximum absolute atomic E-state index is 12.1. The molecular weight excluding hydrogens is 289 g/mol. The molecule has 0 aliphatic rings. The van der Waals surface area contributed by atoms with Crippen LogP contribution in [0.15, 0.2) is 10.7 Å². The van der Waals surface area contributed by atoms with E-state index in [2.05, 4.69) is 26.5 Å². The lowest BCUT2D eigenvalue weighted by atomic mass is 10.1. The molecule has 0 bridgehead atoms. The number of hydrogen-bond donors (Lipinski definition) is 2. The summed E-state index contributed by atoms with van der Waals surface area (Å²) >= 11 is 3.22. The molecule has 0 radical (unpaired) electrons. The molecule has 0 amide bonds. The Hall–Kier alpha value is -0.600. The Balaban J connectivity index is 2.75. The zero-order valence-electron chi connectivity index (χ0n) is 8.55. The zero-order valence-corrected chi connectivity index (χ0v) is 10.1. The van der Waals surface area contributed by atoms with Crippen LogP contribution in [-0.4, -0.2) is 16.0 Å². The number of hydrazine groups is 1. The zero-order chi connectivity index (χ0) is 12.3.